The van der Waals surface area contributed by atoms with Gasteiger partial charge in [-0.3, -0.25) is 9.59 Å². The summed E-state index contributed by atoms with van der Waals surface area (Å²) in [6, 6.07) is 10.1. The highest BCUT2D eigenvalue weighted by Crippen LogP contribution is 2.25. The quantitative estimate of drug-likeness (QED) is 0.858. The van der Waals surface area contributed by atoms with E-state index >= 15 is 0 Å². The average molecular weight is 319 g/mol. The molecule has 0 spiro atoms. The van der Waals surface area contributed by atoms with E-state index in [4.69, 9.17) is 4.74 Å². The number of carboxylic acid groups (broad SMARTS) is 1. The maximum atomic E-state index is 12.3. The summed E-state index contributed by atoms with van der Waals surface area (Å²) in [6.45, 7) is 1.58. The number of methoxy groups -OCH3 is 1. The molecule has 116 valence electrons. The summed E-state index contributed by atoms with van der Waals surface area (Å²) in [6.07, 6.45) is 0. The first kappa shape index (κ1) is 16.0. The number of ether oxygens (including phenoxy) is 1. The van der Waals surface area contributed by atoms with Crippen molar-refractivity contribution in [2.45, 2.75) is 13.0 Å². The SMILES string of the molecule is COc1csc(C(=O)NC(c2ccccc2)C(C)C(=O)O)c1. The number of nitrogens with one attached hydrogen (secondary N) is 1. The van der Waals surface area contributed by atoms with Gasteiger partial charge < -0.3 is 15.2 Å². The zero-order valence-corrected chi connectivity index (χ0v) is 13.1. The minimum atomic E-state index is -0.960. The minimum Gasteiger partial charge on any atom is -0.496 e. The molecule has 0 saturated carbocycles. The summed E-state index contributed by atoms with van der Waals surface area (Å²) in [5.41, 5.74) is 0.759. The first-order valence-electron chi connectivity index (χ1n) is 6.74. The second kappa shape index (κ2) is 7.09. The van der Waals surface area contributed by atoms with Gasteiger partial charge in [-0.25, -0.2) is 0 Å². The van der Waals surface area contributed by atoms with Gasteiger partial charge in [0.05, 0.1) is 23.9 Å². The molecule has 0 saturated heterocycles. The van der Waals surface area contributed by atoms with Crippen molar-refractivity contribution in [2.24, 2.45) is 5.92 Å². The van der Waals surface area contributed by atoms with Crippen molar-refractivity contribution in [3.8, 4) is 5.75 Å². The lowest BCUT2D eigenvalue weighted by Gasteiger charge is -2.22. The van der Waals surface area contributed by atoms with E-state index in [-0.39, 0.29) is 5.91 Å². The van der Waals surface area contributed by atoms with Crippen molar-refractivity contribution in [1.29, 1.82) is 0 Å². The van der Waals surface area contributed by atoms with E-state index in [0.717, 1.165) is 5.56 Å². The van der Waals surface area contributed by atoms with E-state index < -0.39 is 17.9 Å². The van der Waals surface area contributed by atoms with Crippen molar-refractivity contribution in [3.05, 3.63) is 52.2 Å². The molecule has 1 aromatic heterocycles. The van der Waals surface area contributed by atoms with Gasteiger partial charge in [0.15, 0.2) is 0 Å². The predicted molar refractivity (Wildman–Crippen MR) is 84.3 cm³/mol. The third-order valence-corrected chi connectivity index (χ3v) is 4.28. The first-order valence-corrected chi connectivity index (χ1v) is 7.62. The van der Waals surface area contributed by atoms with E-state index in [1.54, 1.807) is 30.5 Å². The lowest BCUT2D eigenvalue weighted by Crippen LogP contribution is -2.35. The van der Waals surface area contributed by atoms with Crippen LogP contribution >= 0.6 is 11.3 Å². The van der Waals surface area contributed by atoms with Gasteiger partial charge in [-0.2, -0.15) is 0 Å². The predicted octanol–water partition coefficient (Wildman–Crippen LogP) is 2.95. The van der Waals surface area contributed by atoms with Crippen LogP contribution < -0.4 is 10.1 Å². The normalized spacial score (nSPS) is 13.2. The third-order valence-electron chi connectivity index (χ3n) is 3.37. The molecular weight excluding hydrogens is 302 g/mol. The largest absolute Gasteiger partial charge is 0.496 e. The summed E-state index contributed by atoms with van der Waals surface area (Å²) < 4.78 is 5.06. The highest BCUT2D eigenvalue weighted by Gasteiger charge is 2.27. The van der Waals surface area contributed by atoms with Crippen LogP contribution in [-0.2, 0) is 4.79 Å². The van der Waals surface area contributed by atoms with Gasteiger partial charge >= 0.3 is 5.97 Å². The number of carbonyl (C=O) groups excluding carboxylic acids is 1. The molecule has 1 amide bonds. The smallest absolute Gasteiger partial charge is 0.308 e. The molecule has 6 heteroatoms. The van der Waals surface area contributed by atoms with Crippen molar-refractivity contribution in [2.75, 3.05) is 7.11 Å². The van der Waals surface area contributed by atoms with Crippen LogP contribution in [-0.4, -0.2) is 24.1 Å². The van der Waals surface area contributed by atoms with Crippen LogP contribution in [0.1, 0.15) is 28.2 Å². The molecule has 0 radical (unpaired) electrons. The molecule has 2 N–H and O–H groups in total. The molecule has 2 aromatic rings. The number of carboxylic acids is 1. The maximum absolute atomic E-state index is 12.3. The van der Waals surface area contributed by atoms with Gasteiger partial charge in [0, 0.05) is 11.4 Å². The zero-order valence-electron chi connectivity index (χ0n) is 12.3. The second-order valence-corrected chi connectivity index (χ2v) is 5.75. The second-order valence-electron chi connectivity index (χ2n) is 4.84. The van der Waals surface area contributed by atoms with Crippen LogP contribution in [0.15, 0.2) is 41.8 Å². The van der Waals surface area contributed by atoms with Gasteiger partial charge in [-0.05, 0) is 12.5 Å². The standard InChI is InChI=1S/C16H17NO4S/c1-10(16(19)20)14(11-6-4-3-5-7-11)17-15(18)13-8-12(21-2)9-22-13/h3-10,14H,1-2H3,(H,17,18)(H,19,20). The van der Waals surface area contributed by atoms with Crippen LogP contribution in [0.3, 0.4) is 0 Å². The molecule has 1 heterocycles. The molecule has 0 aliphatic carbocycles. The molecule has 1 aromatic carbocycles. The number of rotatable bonds is 6. The monoisotopic (exact) mass is 319 g/mol. The molecule has 2 unspecified atom stereocenters. The van der Waals surface area contributed by atoms with E-state index in [0.29, 0.717) is 10.6 Å². The fraction of sp³-hybridized carbons (Fsp3) is 0.250. The van der Waals surface area contributed by atoms with Crippen LogP contribution in [0.2, 0.25) is 0 Å². The number of hydrogen-bond donors (Lipinski definition) is 2. The number of thiophene rings is 1. The summed E-state index contributed by atoms with van der Waals surface area (Å²) in [5.74, 6) is -1.40. The van der Waals surface area contributed by atoms with Gasteiger partial charge in [-0.15, -0.1) is 11.3 Å². The number of benzene rings is 1. The molecule has 2 rings (SSSR count). The Labute approximate surface area is 132 Å². The van der Waals surface area contributed by atoms with Crippen LogP contribution in [0, 0.1) is 5.92 Å². The third kappa shape index (κ3) is 3.65. The fourth-order valence-electron chi connectivity index (χ4n) is 2.06. The van der Waals surface area contributed by atoms with Crippen LogP contribution in [0.25, 0.3) is 0 Å². The van der Waals surface area contributed by atoms with Crippen molar-refractivity contribution in [3.63, 3.8) is 0 Å². The first-order chi connectivity index (χ1) is 10.5. The van der Waals surface area contributed by atoms with Gasteiger partial charge in [0.1, 0.15) is 5.75 Å². The molecule has 0 fully saturated rings. The van der Waals surface area contributed by atoms with E-state index in [1.807, 2.05) is 18.2 Å². The highest BCUT2D eigenvalue weighted by molar-refractivity contribution is 7.12. The molecule has 2 atom stereocenters. The van der Waals surface area contributed by atoms with E-state index in [2.05, 4.69) is 5.32 Å². The Morgan fingerprint density at radius 3 is 2.50 bits per heavy atom. The van der Waals surface area contributed by atoms with Crippen molar-refractivity contribution < 1.29 is 19.4 Å². The summed E-state index contributed by atoms with van der Waals surface area (Å²) in [5, 5.41) is 13.8. The van der Waals surface area contributed by atoms with Gasteiger partial charge in [0.25, 0.3) is 5.91 Å². The lowest BCUT2D eigenvalue weighted by molar-refractivity contribution is -0.142. The minimum absolute atomic E-state index is 0.310. The van der Waals surface area contributed by atoms with Crippen LogP contribution in [0.4, 0.5) is 0 Å². The fourth-order valence-corrected chi connectivity index (χ4v) is 2.81. The van der Waals surface area contributed by atoms with Crippen molar-refractivity contribution >= 4 is 23.2 Å². The highest BCUT2D eigenvalue weighted by atomic mass is 32.1. The van der Waals surface area contributed by atoms with E-state index in [9.17, 15) is 14.7 Å². The van der Waals surface area contributed by atoms with Crippen molar-refractivity contribution in [1.82, 2.24) is 5.32 Å². The Morgan fingerprint density at radius 2 is 1.95 bits per heavy atom. The van der Waals surface area contributed by atoms with Crippen LogP contribution in [0.5, 0.6) is 5.75 Å². The maximum Gasteiger partial charge on any atom is 0.308 e. The zero-order chi connectivity index (χ0) is 16.1. The Hall–Kier alpha value is -2.34. The molecular formula is C16H17NO4S. The Morgan fingerprint density at radius 1 is 1.27 bits per heavy atom. The number of carbonyl (C=O) groups is 2. The van der Waals surface area contributed by atoms with E-state index in [1.165, 1.54) is 18.4 Å². The molecule has 5 nitrogen and oxygen atoms in total. The number of amides is 1. The summed E-state index contributed by atoms with van der Waals surface area (Å²) in [7, 11) is 1.53. The number of hydrogen-bond acceptors (Lipinski definition) is 4. The topological polar surface area (TPSA) is 75.6 Å². The number of aliphatic carboxylic acids is 1. The summed E-state index contributed by atoms with van der Waals surface area (Å²) in [4.78, 5) is 24.1. The average Bonchev–Trinajstić information content (AvgIpc) is 3.01. The summed E-state index contributed by atoms with van der Waals surface area (Å²) >= 11 is 1.26. The Bertz CT molecular complexity index is 653. The molecule has 0 aliphatic rings. The van der Waals surface area contributed by atoms with Gasteiger partial charge in [0.2, 0.25) is 0 Å². The Balaban J connectivity index is 2.22. The molecule has 22 heavy (non-hydrogen) atoms. The molecule has 0 bridgehead atoms. The van der Waals surface area contributed by atoms with Gasteiger partial charge in [-0.1, -0.05) is 30.3 Å². The lowest BCUT2D eigenvalue weighted by atomic mass is 9.94. The molecule has 0 aliphatic heterocycles. The Kier molecular flexibility index (Phi) is 5.16.